The smallest absolute Gasteiger partial charge is 0.282 e. The number of likely N-dealkylation sites (tertiary alicyclic amines) is 1. The molecule has 0 bridgehead atoms. The third-order valence-electron chi connectivity index (χ3n) is 6.53. The van der Waals surface area contributed by atoms with E-state index in [-0.39, 0.29) is 44.7 Å². The first-order chi connectivity index (χ1) is 14.4. The molecule has 4 heteroatoms. The minimum Gasteiger partial charge on any atom is -0.320 e. The van der Waals surface area contributed by atoms with Gasteiger partial charge in [0.25, 0.3) is 5.91 Å². The number of carbonyl (C=O) groups excluding carboxylic acids is 1. The summed E-state index contributed by atoms with van der Waals surface area (Å²) in [6.45, 7) is 14.0. The van der Waals surface area contributed by atoms with Gasteiger partial charge in [0.1, 0.15) is 0 Å². The summed E-state index contributed by atoms with van der Waals surface area (Å²) in [7, 11) is 0. The van der Waals surface area contributed by atoms with Crippen LogP contribution in [0.3, 0.4) is 0 Å². The van der Waals surface area contributed by atoms with E-state index in [1.165, 1.54) is 24.8 Å². The standard InChI is InChI=1S/C20H32N2O.C7H8.Y/c1-5-11-18(22(6-2)14-8-7-9-15-22)20(23)21-19-16(3)12-10-13-17(19)4;1-7-5-3-2-4-6-7;/h10,12-13,18H,5-9,11,14-15H2,1-4H3;2-6H,1H3;/p+1. The van der Waals surface area contributed by atoms with Crippen molar-refractivity contribution in [2.45, 2.75) is 72.8 Å². The van der Waals surface area contributed by atoms with Crippen molar-refractivity contribution in [3.63, 3.8) is 0 Å². The molecule has 1 amide bonds. The quantitative estimate of drug-likeness (QED) is 0.458. The van der Waals surface area contributed by atoms with Crippen molar-refractivity contribution >= 4 is 11.6 Å². The van der Waals surface area contributed by atoms with Crippen LogP contribution in [0.2, 0.25) is 0 Å². The first-order valence-electron chi connectivity index (χ1n) is 11.7. The van der Waals surface area contributed by atoms with E-state index >= 15 is 0 Å². The second-order valence-electron chi connectivity index (χ2n) is 8.76. The van der Waals surface area contributed by atoms with Crippen LogP contribution in [-0.4, -0.2) is 36.1 Å². The average molecular weight is 499 g/mol. The number of quaternary nitrogens is 1. The van der Waals surface area contributed by atoms with E-state index in [1.54, 1.807) is 0 Å². The molecule has 1 aliphatic rings. The van der Waals surface area contributed by atoms with Gasteiger partial charge in [-0.15, -0.1) is 0 Å². The van der Waals surface area contributed by atoms with Gasteiger partial charge < -0.3 is 9.80 Å². The maximum atomic E-state index is 13.1. The molecule has 1 N–H and O–H groups in total. The molecule has 2 aromatic rings. The summed E-state index contributed by atoms with van der Waals surface area (Å²) >= 11 is 0. The molecule has 167 valence electrons. The van der Waals surface area contributed by atoms with E-state index in [0.29, 0.717) is 0 Å². The van der Waals surface area contributed by atoms with Crippen LogP contribution in [0.5, 0.6) is 0 Å². The van der Waals surface area contributed by atoms with Crippen molar-refractivity contribution in [3.05, 3.63) is 65.2 Å². The van der Waals surface area contributed by atoms with Crippen LogP contribution in [0.25, 0.3) is 0 Å². The second-order valence-corrected chi connectivity index (χ2v) is 8.76. The largest absolute Gasteiger partial charge is 0.320 e. The Morgan fingerprint density at radius 2 is 1.48 bits per heavy atom. The Morgan fingerprint density at radius 1 is 0.903 bits per heavy atom. The Morgan fingerprint density at radius 3 is 1.94 bits per heavy atom. The fourth-order valence-electron chi connectivity index (χ4n) is 4.67. The third kappa shape index (κ3) is 8.11. The monoisotopic (exact) mass is 498 g/mol. The van der Waals surface area contributed by atoms with Crippen LogP contribution >= 0.6 is 0 Å². The normalized spacial score (nSPS) is 15.6. The van der Waals surface area contributed by atoms with E-state index < -0.39 is 0 Å². The number of nitrogens with zero attached hydrogens (tertiary/aromatic N) is 1. The Labute approximate surface area is 215 Å². The van der Waals surface area contributed by atoms with Crippen LogP contribution in [0.4, 0.5) is 5.69 Å². The average Bonchev–Trinajstić information content (AvgIpc) is 2.76. The van der Waals surface area contributed by atoms with Crippen molar-refractivity contribution < 1.29 is 42.0 Å². The molecule has 1 fully saturated rings. The fraction of sp³-hybridized carbons (Fsp3) is 0.519. The number of piperidine rings is 1. The molecule has 1 heterocycles. The van der Waals surface area contributed by atoms with Gasteiger partial charge in [-0.2, -0.15) is 0 Å². The molecule has 2 aromatic carbocycles. The molecule has 0 aliphatic carbocycles. The van der Waals surface area contributed by atoms with Gasteiger partial charge in [0.05, 0.1) is 19.6 Å². The van der Waals surface area contributed by atoms with Crippen molar-refractivity contribution in [1.29, 1.82) is 0 Å². The number of hydrogen-bond acceptors (Lipinski definition) is 1. The molecular weight excluding hydrogens is 457 g/mol. The van der Waals surface area contributed by atoms with Crippen molar-refractivity contribution in [2.75, 3.05) is 25.0 Å². The van der Waals surface area contributed by atoms with Gasteiger partial charge in [0.2, 0.25) is 0 Å². The van der Waals surface area contributed by atoms with Gasteiger partial charge >= 0.3 is 0 Å². The summed E-state index contributed by atoms with van der Waals surface area (Å²) in [6.07, 6.45) is 5.86. The number of nitrogens with one attached hydrogen (secondary N) is 1. The summed E-state index contributed by atoms with van der Waals surface area (Å²) in [5.41, 5.74) is 4.62. The van der Waals surface area contributed by atoms with Crippen LogP contribution in [-0.2, 0) is 37.5 Å². The Balaban J connectivity index is 0.000000510. The minimum atomic E-state index is 0. The number of amides is 1. The van der Waals surface area contributed by atoms with Crippen molar-refractivity contribution in [1.82, 2.24) is 0 Å². The van der Waals surface area contributed by atoms with E-state index in [1.807, 2.05) is 18.2 Å². The zero-order valence-electron chi connectivity index (χ0n) is 20.3. The molecule has 0 saturated carbocycles. The van der Waals surface area contributed by atoms with Crippen LogP contribution in [0, 0.1) is 20.8 Å². The van der Waals surface area contributed by atoms with Gasteiger partial charge in [-0.3, -0.25) is 4.79 Å². The van der Waals surface area contributed by atoms with E-state index in [9.17, 15) is 4.79 Å². The molecule has 0 spiro atoms. The number of anilines is 1. The SMILES string of the molecule is CCCC(C(=O)Nc1c(C)cccc1C)[N+]1(CC)CCCCC1.Cc1ccccc1.[Y]. The van der Waals surface area contributed by atoms with Gasteiger partial charge in [0.15, 0.2) is 6.04 Å². The Kier molecular flexibility index (Phi) is 12.8. The molecule has 1 atom stereocenters. The number of para-hydroxylation sites is 1. The first kappa shape index (κ1) is 28.0. The maximum absolute atomic E-state index is 13.1. The second kappa shape index (κ2) is 14.2. The molecular formula is C27H41N2OY+. The van der Waals surface area contributed by atoms with Crippen molar-refractivity contribution in [3.8, 4) is 0 Å². The summed E-state index contributed by atoms with van der Waals surface area (Å²) in [5.74, 6) is 0.216. The molecule has 1 radical (unpaired) electrons. The predicted octanol–water partition coefficient (Wildman–Crippen LogP) is 6.42. The van der Waals surface area contributed by atoms with Gasteiger partial charge in [-0.05, 0) is 64.5 Å². The molecule has 1 saturated heterocycles. The van der Waals surface area contributed by atoms with Crippen LogP contribution < -0.4 is 5.32 Å². The first-order valence-corrected chi connectivity index (χ1v) is 11.7. The summed E-state index contributed by atoms with van der Waals surface area (Å²) < 4.78 is 0.977. The summed E-state index contributed by atoms with van der Waals surface area (Å²) in [5, 5.41) is 3.27. The van der Waals surface area contributed by atoms with E-state index in [4.69, 9.17) is 0 Å². The maximum Gasteiger partial charge on any atom is 0.282 e. The molecule has 31 heavy (non-hydrogen) atoms. The number of benzene rings is 2. The van der Waals surface area contributed by atoms with Crippen LogP contribution in [0.15, 0.2) is 48.5 Å². The molecule has 3 nitrogen and oxygen atoms in total. The van der Waals surface area contributed by atoms with E-state index in [0.717, 1.165) is 53.8 Å². The van der Waals surface area contributed by atoms with Gasteiger partial charge in [0, 0.05) is 44.8 Å². The fourth-order valence-corrected chi connectivity index (χ4v) is 4.67. The zero-order chi connectivity index (χ0) is 22.0. The summed E-state index contributed by atoms with van der Waals surface area (Å²) in [6, 6.07) is 16.5. The van der Waals surface area contributed by atoms with Crippen molar-refractivity contribution in [2.24, 2.45) is 0 Å². The number of carbonyl (C=O) groups is 1. The molecule has 0 aromatic heterocycles. The summed E-state index contributed by atoms with van der Waals surface area (Å²) in [4.78, 5) is 13.1. The number of hydrogen-bond donors (Lipinski definition) is 1. The zero-order valence-corrected chi connectivity index (χ0v) is 23.1. The van der Waals surface area contributed by atoms with Gasteiger partial charge in [-0.1, -0.05) is 61.0 Å². The topological polar surface area (TPSA) is 29.1 Å². The minimum absolute atomic E-state index is 0. The van der Waals surface area contributed by atoms with Crippen LogP contribution in [0.1, 0.15) is 62.6 Å². The predicted molar refractivity (Wildman–Crippen MR) is 129 cm³/mol. The third-order valence-corrected chi connectivity index (χ3v) is 6.53. The number of rotatable bonds is 6. The molecule has 1 unspecified atom stereocenters. The Bertz CT molecular complexity index is 765. The Hall–Kier alpha value is -1.03. The van der Waals surface area contributed by atoms with E-state index in [2.05, 4.69) is 70.3 Å². The van der Waals surface area contributed by atoms with Gasteiger partial charge in [-0.25, -0.2) is 0 Å². The molecule has 3 rings (SSSR count). The number of likely N-dealkylation sites (N-methyl/N-ethyl adjacent to an activating group) is 1. The molecule has 1 aliphatic heterocycles. The number of aryl methyl sites for hydroxylation is 3.